The van der Waals surface area contributed by atoms with E-state index < -0.39 is 0 Å². The third kappa shape index (κ3) is 3.91. The van der Waals surface area contributed by atoms with Gasteiger partial charge < -0.3 is 5.32 Å². The highest BCUT2D eigenvalue weighted by Gasteiger charge is 2.12. The van der Waals surface area contributed by atoms with Gasteiger partial charge in [0.1, 0.15) is 0 Å². The molecule has 0 aliphatic heterocycles. The number of carbonyl (C=O) groups is 1. The molecule has 0 aliphatic rings. The van der Waals surface area contributed by atoms with Crippen molar-refractivity contribution in [3.8, 4) is 0 Å². The predicted molar refractivity (Wildman–Crippen MR) is 84.6 cm³/mol. The molecule has 0 aliphatic carbocycles. The maximum atomic E-state index is 12.0. The van der Waals surface area contributed by atoms with Crippen LogP contribution in [0.15, 0.2) is 59.1 Å². The zero-order valence-electron chi connectivity index (χ0n) is 10.1. The molecule has 0 heterocycles. The average Bonchev–Trinajstić information content (AvgIpc) is 2.46. The van der Waals surface area contributed by atoms with Gasteiger partial charge in [-0.25, -0.2) is 0 Å². The van der Waals surface area contributed by atoms with Crippen LogP contribution in [-0.2, 0) is 0 Å². The lowest BCUT2D eigenvalue weighted by molar-refractivity contribution is 0.0953. The van der Waals surface area contributed by atoms with Crippen molar-refractivity contribution in [2.45, 2.75) is 4.83 Å². The fourth-order valence-corrected chi connectivity index (χ4v) is 2.63. The topological polar surface area (TPSA) is 29.1 Å². The summed E-state index contributed by atoms with van der Waals surface area (Å²) < 4.78 is 0.804. The number of nitrogens with one attached hydrogen (secondary N) is 1. The van der Waals surface area contributed by atoms with Crippen molar-refractivity contribution in [3.05, 3.63) is 70.2 Å². The van der Waals surface area contributed by atoms with Crippen LogP contribution in [0.2, 0.25) is 0 Å². The van der Waals surface area contributed by atoms with Crippen molar-refractivity contribution >= 4 is 37.8 Å². The molecule has 2 aromatic rings. The first-order valence-electron chi connectivity index (χ1n) is 5.90. The molecule has 2 nitrogen and oxygen atoms in total. The Morgan fingerprint density at radius 2 is 1.68 bits per heavy atom. The van der Waals surface area contributed by atoms with Gasteiger partial charge in [-0.1, -0.05) is 58.4 Å². The van der Waals surface area contributed by atoms with E-state index >= 15 is 0 Å². The first kappa shape index (κ1) is 14.3. The number of benzene rings is 2. The Bertz CT molecular complexity index is 557. The first-order valence-corrected chi connectivity index (χ1v) is 7.61. The molecule has 1 amide bonds. The van der Waals surface area contributed by atoms with Crippen molar-refractivity contribution in [2.75, 3.05) is 6.54 Å². The van der Waals surface area contributed by atoms with Gasteiger partial charge >= 0.3 is 0 Å². The fraction of sp³-hybridized carbons (Fsp3) is 0.133. The Balaban J connectivity index is 1.96. The lowest BCUT2D eigenvalue weighted by atomic mass is 10.1. The van der Waals surface area contributed by atoms with Crippen LogP contribution in [0.25, 0.3) is 0 Å². The van der Waals surface area contributed by atoms with Crippen molar-refractivity contribution < 1.29 is 4.79 Å². The quantitative estimate of drug-likeness (QED) is 0.784. The summed E-state index contributed by atoms with van der Waals surface area (Å²) in [5.41, 5.74) is 1.80. The molecular weight excluding hydrogens is 370 g/mol. The van der Waals surface area contributed by atoms with Gasteiger partial charge in [0, 0.05) is 11.0 Å². The van der Waals surface area contributed by atoms with Crippen LogP contribution in [0.5, 0.6) is 0 Å². The molecule has 0 fully saturated rings. The molecule has 0 saturated heterocycles. The zero-order valence-corrected chi connectivity index (χ0v) is 13.3. The number of amides is 1. The normalized spacial score (nSPS) is 11.9. The van der Waals surface area contributed by atoms with Gasteiger partial charge in [0.05, 0.1) is 10.4 Å². The van der Waals surface area contributed by atoms with Crippen LogP contribution >= 0.6 is 31.9 Å². The van der Waals surface area contributed by atoms with E-state index in [2.05, 4.69) is 37.2 Å². The van der Waals surface area contributed by atoms with E-state index in [1.807, 2.05) is 48.5 Å². The van der Waals surface area contributed by atoms with Gasteiger partial charge in [-0.2, -0.15) is 0 Å². The molecule has 2 aromatic carbocycles. The minimum atomic E-state index is -0.0761. The van der Waals surface area contributed by atoms with Gasteiger partial charge in [0.25, 0.3) is 5.91 Å². The molecule has 0 spiro atoms. The molecule has 0 bridgehead atoms. The highest BCUT2D eigenvalue weighted by molar-refractivity contribution is 9.10. The Kier molecular flexibility index (Phi) is 5.16. The van der Waals surface area contributed by atoms with Gasteiger partial charge in [-0.3, -0.25) is 4.79 Å². The van der Waals surface area contributed by atoms with E-state index in [0.29, 0.717) is 12.1 Å². The second kappa shape index (κ2) is 6.87. The zero-order chi connectivity index (χ0) is 13.7. The van der Waals surface area contributed by atoms with E-state index in [0.717, 1.165) is 10.0 Å². The second-order valence-electron chi connectivity index (χ2n) is 4.07. The number of rotatable bonds is 4. The van der Waals surface area contributed by atoms with E-state index in [4.69, 9.17) is 0 Å². The minimum absolute atomic E-state index is 0.0761. The van der Waals surface area contributed by atoms with Crippen LogP contribution in [-0.4, -0.2) is 12.5 Å². The maximum Gasteiger partial charge on any atom is 0.252 e. The molecule has 1 unspecified atom stereocenters. The van der Waals surface area contributed by atoms with Crippen LogP contribution in [0, 0.1) is 0 Å². The Morgan fingerprint density at radius 1 is 1.05 bits per heavy atom. The Hall–Kier alpha value is -1.13. The Labute approximate surface area is 129 Å². The number of hydrogen-bond donors (Lipinski definition) is 1. The van der Waals surface area contributed by atoms with Crippen molar-refractivity contribution in [2.24, 2.45) is 0 Å². The molecule has 1 N–H and O–H groups in total. The summed E-state index contributed by atoms with van der Waals surface area (Å²) in [5.74, 6) is -0.0761. The molecule has 4 heteroatoms. The van der Waals surface area contributed by atoms with Crippen LogP contribution in [0.1, 0.15) is 20.7 Å². The molecule has 2 rings (SSSR count). The molecule has 0 saturated carbocycles. The third-order valence-corrected chi connectivity index (χ3v) is 4.27. The molecule has 1 atom stereocenters. The number of halogens is 2. The number of carbonyl (C=O) groups excluding carboxylic acids is 1. The van der Waals surface area contributed by atoms with E-state index in [1.165, 1.54) is 0 Å². The highest BCUT2D eigenvalue weighted by Crippen LogP contribution is 2.21. The summed E-state index contributed by atoms with van der Waals surface area (Å²) in [6.45, 7) is 0.546. The monoisotopic (exact) mass is 381 g/mol. The molecule has 0 radical (unpaired) electrons. The summed E-state index contributed by atoms with van der Waals surface area (Å²) in [4.78, 5) is 12.2. The van der Waals surface area contributed by atoms with Crippen LogP contribution in [0.3, 0.4) is 0 Å². The molecule has 98 valence electrons. The summed E-state index contributed by atoms with van der Waals surface area (Å²) in [7, 11) is 0. The SMILES string of the molecule is O=C(NCC(Br)c1ccccc1)c1ccccc1Br. The number of hydrogen-bond acceptors (Lipinski definition) is 1. The van der Waals surface area contributed by atoms with Crippen molar-refractivity contribution in [1.82, 2.24) is 5.32 Å². The van der Waals surface area contributed by atoms with Gasteiger partial charge in [0.2, 0.25) is 0 Å². The number of alkyl halides is 1. The van der Waals surface area contributed by atoms with Crippen molar-refractivity contribution in [3.63, 3.8) is 0 Å². The van der Waals surface area contributed by atoms with Gasteiger partial charge in [-0.05, 0) is 33.6 Å². The smallest absolute Gasteiger partial charge is 0.252 e. The van der Waals surface area contributed by atoms with E-state index in [1.54, 1.807) is 6.07 Å². The highest BCUT2D eigenvalue weighted by atomic mass is 79.9. The lowest BCUT2D eigenvalue weighted by Gasteiger charge is -2.12. The standard InChI is InChI=1S/C15H13Br2NO/c16-13-9-5-4-8-12(13)15(19)18-10-14(17)11-6-2-1-3-7-11/h1-9,14H,10H2,(H,18,19). The third-order valence-electron chi connectivity index (χ3n) is 2.72. The van der Waals surface area contributed by atoms with E-state index in [-0.39, 0.29) is 10.7 Å². The maximum absolute atomic E-state index is 12.0. The first-order chi connectivity index (χ1) is 9.18. The second-order valence-corrected chi connectivity index (χ2v) is 6.03. The Morgan fingerprint density at radius 3 is 2.37 bits per heavy atom. The summed E-state index contributed by atoms with van der Waals surface area (Å²) in [6, 6.07) is 17.4. The minimum Gasteiger partial charge on any atom is -0.351 e. The molecular formula is C15H13Br2NO. The van der Waals surface area contributed by atoms with Crippen LogP contribution in [0.4, 0.5) is 0 Å². The molecule has 0 aromatic heterocycles. The summed E-state index contributed by atoms with van der Waals surface area (Å²) >= 11 is 6.96. The lowest BCUT2D eigenvalue weighted by Crippen LogP contribution is -2.27. The predicted octanol–water partition coefficient (Wildman–Crippen LogP) is 4.32. The summed E-state index contributed by atoms with van der Waals surface area (Å²) in [5, 5.41) is 2.92. The van der Waals surface area contributed by atoms with E-state index in [9.17, 15) is 4.79 Å². The largest absolute Gasteiger partial charge is 0.351 e. The van der Waals surface area contributed by atoms with Gasteiger partial charge in [-0.15, -0.1) is 0 Å². The van der Waals surface area contributed by atoms with Gasteiger partial charge in [0.15, 0.2) is 0 Å². The van der Waals surface area contributed by atoms with Crippen LogP contribution < -0.4 is 5.32 Å². The fourth-order valence-electron chi connectivity index (χ4n) is 1.70. The average molecular weight is 383 g/mol. The summed E-state index contributed by atoms with van der Waals surface area (Å²) in [6.07, 6.45) is 0. The molecule has 19 heavy (non-hydrogen) atoms. The van der Waals surface area contributed by atoms with Crippen molar-refractivity contribution in [1.29, 1.82) is 0 Å².